The highest BCUT2D eigenvalue weighted by Crippen LogP contribution is 2.26. The summed E-state index contributed by atoms with van der Waals surface area (Å²) in [6.45, 7) is 0. The molecular weight excluding hydrogens is 689 g/mol. The lowest BCUT2D eigenvalue weighted by Crippen LogP contribution is -2.16. The Hall–Kier alpha value is -6.73. The Bertz CT molecular complexity index is 2300. The zero-order chi connectivity index (χ0) is 36.7. The van der Waals surface area contributed by atoms with Gasteiger partial charge in [0.05, 0.1) is 0 Å². The molecule has 0 aliphatic rings. The van der Waals surface area contributed by atoms with Crippen LogP contribution in [-0.2, 0) is 10.1 Å². The van der Waals surface area contributed by atoms with Crippen molar-refractivity contribution in [3.8, 4) is 0 Å². The molecule has 2 aromatic heterocycles. The molecule has 0 amide bonds. The van der Waals surface area contributed by atoms with Gasteiger partial charge in [-0.2, -0.15) is 38.3 Å². The average Bonchev–Trinajstić information content (AvgIpc) is 3.12. The van der Waals surface area contributed by atoms with E-state index in [0.29, 0.717) is 16.4 Å². The summed E-state index contributed by atoms with van der Waals surface area (Å²) < 4.78 is 35.0. The van der Waals surface area contributed by atoms with Crippen LogP contribution < -0.4 is 31.4 Å². The molecule has 0 aliphatic heterocycles. The van der Waals surface area contributed by atoms with Gasteiger partial charge < -0.3 is 21.3 Å². The molecule has 264 valence electrons. The third-order valence-corrected chi connectivity index (χ3v) is 7.97. The van der Waals surface area contributed by atoms with Crippen LogP contribution in [0.15, 0.2) is 108 Å². The van der Waals surface area contributed by atoms with Gasteiger partial charge in [0.2, 0.25) is 23.8 Å². The number of nitrogens with zero attached hydrogens (tertiary/aromatic N) is 8. The molecule has 0 saturated heterocycles. The summed E-state index contributed by atoms with van der Waals surface area (Å²) in [7, 11) is -1.92. The molecule has 0 radical (unpaired) electrons. The van der Waals surface area contributed by atoms with E-state index in [1.807, 2.05) is 48.5 Å². The molecule has 17 nitrogen and oxygen atoms in total. The van der Waals surface area contributed by atoms with Crippen molar-refractivity contribution in [2.24, 2.45) is 0 Å². The highest BCUT2D eigenvalue weighted by Gasteiger charge is 2.17. The van der Waals surface area contributed by atoms with E-state index < -0.39 is 10.1 Å². The van der Waals surface area contributed by atoms with Crippen molar-refractivity contribution >= 4 is 80.7 Å². The molecule has 0 aliphatic carbocycles. The number of hydroxylamine groups is 2. The first-order chi connectivity index (χ1) is 25.0. The molecule has 0 saturated carbocycles. The topological polar surface area (TPSA) is 227 Å². The molecule has 52 heavy (non-hydrogen) atoms. The van der Waals surface area contributed by atoms with Gasteiger partial charge in [0.1, 0.15) is 4.90 Å². The molecule has 0 bridgehead atoms. The van der Waals surface area contributed by atoms with Crippen molar-refractivity contribution in [2.75, 3.05) is 45.5 Å². The van der Waals surface area contributed by atoms with Crippen LogP contribution in [0.5, 0.6) is 0 Å². The largest absolute Gasteiger partial charge is 0.324 e. The number of nitrogens with one attached hydrogen (secondary N) is 4. The molecule has 0 unspecified atom stereocenters. The maximum atomic E-state index is 12.4. The highest BCUT2D eigenvalue weighted by atomic mass is 32.2. The van der Waals surface area contributed by atoms with Gasteiger partial charge in [0.15, 0.2) is 0 Å². The fourth-order valence-electron chi connectivity index (χ4n) is 4.64. The Morgan fingerprint density at radius 3 is 1.37 bits per heavy atom. The normalized spacial score (nSPS) is 11.2. The second-order valence-electron chi connectivity index (χ2n) is 11.0. The molecular formula is C34H32N12O5S. The zero-order valence-corrected chi connectivity index (χ0v) is 28.4. The first-order valence-electron chi connectivity index (χ1n) is 15.4. The van der Waals surface area contributed by atoms with Crippen LogP contribution >= 0.6 is 0 Å². The van der Waals surface area contributed by atoms with E-state index in [1.54, 1.807) is 54.6 Å². The van der Waals surface area contributed by atoms with Crippen LogP contribution in [0, 0.1) is 0 Å². The second kappa shape index (κ2) is 15.4. The van der Waals surface area contributed by atoms with Gasteiger partial charge in [0, 0.05) is 36.8 Å². The summed E-state index contributed by atoms with van der Waals surface area (Å²) in [6, 6.07) is 29.9. The fourth-order valence-corrected chi connectivity index (χ4v) is 5.35. The molecule has 6 rings (SSSR count). The first-order valence-corrected chi connectivity index (χ1v) is 16.9. The van der Waals surface area contributed by atoms with Crippen molar-refractivity contribution in [1.29, 1.82) is 0 Å². The van der Waals surface area contributed by atoms with E-state index in [0.717, 1.165) is 16.3 Å². The van der Waals surface area contributed by atoms with E-state index in [2.05, 4.69) is 51.2 Å². The minimum atomic E-state index is -4.66. The van der Waals surface area contributed by atoms with Crippen molar-refractivity contribution in [3.63, 3.8) is 0 Å². The van der Waals surface area contributed by atoms with E-state index >= 15 is 0 Å². The molecule has 0 spiro atoms. The third-order valence-electron chi connectivity index (χ3n) is 7.06. The molecule has 4 aromatic carbocycles. The number of aromatic nitrogens is 6. The number of hydrogen-bond donors (Lipinski definition) is 7. The monoisotopic (exact) mass is 720 g/mol. The third kappa shape index (κ3) is 9.28. The van der Waals surface area contributed by atoms with Gasteiger partial charge in [-0.25, -0.2) is 10.1 Å². The summed E-state index contributed by atoms with van der Waals surface area (Å²) in [5, 5.41) is 33.5. The maximum absolute atomic E-state index is 12.4. The predicted molar refractivity (Wildman–Crippen MR) is 198 cm³/mol. The van der Waals surface area contributed by atoms with Crippen molar-refractivity contribution in [2.45, 2.75) is 4.90 Å². The molecule has 18 heteroatoms. The second-order valence-corrected chi connectivity index (χ2v) is 12.4. The fraction of sp³-hybridized carbons (Fsp3) is 0.0588. The van der Waals surface area contributed by atoms with E-state index in [1.165, 1.54) is 26.2 Å². The molecule has 2 heterocycles. The van der Waals surface area contributed by atoms with Gasteiger partial charge in [-0.1, -0.05) is 66.7 Å². The van der Waals surface area contributed by atoms with Crippen LogP contribution in [-0.4, -0.2) is 67.4 Å². The van der Waals surface area contributed by atoms with E-state index in [9.17, 15) is 23.4 Å². The predicted octanol–water partition coefficient (Wildman–Crippen LogP) is 6.10. The van der Waals surface area contributed by atoms with Gasteiger partial charge in [0.25, 0.3) is 22.0 Å². The first kappa shape index (κ1) is 35.1. The Morgan fingerprint density at radius 1 is 0.538 bits per heavy atom. The number of rotatable bonds is 13. The lowest BCUT2D eigenvalue weighted by atomic mass is 10.1. The number of benzene rings is 4. The van der Waals surface area contributed by atoms with Gasteiger partial charge in [-0.3, -0.25) is 15.0 Å². The summed E-state index contributed by atoms with van der Waals surface area (Å²) >= 11 is 0. The van der Waals surface area contributed by atoms with Crippen LogP contribution in [0.4, 0.5) is 58.4 Å². The SMILES string of the molecule is CN(O)c1nc(Nc2ccccc2)nc(Nc2ccc(/C=C/c3ccc(Nc4nc(Nc5ccccc5)nc(N(C)O)n4)cc3S(=O)(=O)O)cc2)n1. The number of anilines is 10. The lowest BCUT2D eigenvalue weighted by Gasteiger charge is -2.14. The van der Waals surface area contributed by atoms with Crippen molar-refractivity contribution in [3.05, 3.63) is 114 Å². The zero-order valence-electron chi connectivity index (χ0n) is 27.6. The van der Waals surface area contributed by atoms with Crippen LogP contribution in [0.1, 0.15) is 11.1 Å². The smallest absolute Gasteiger partial charge is 0.295 e. The lowest BCUT2D eigenvalue weighted by molar-refractivity contribution is 0.272. The average molecular weight is 721 g/mol. The molecule has 7 N–H and O–H groups in total. The summed E-state index contributed by atoms with van der Waals surface area (Å²) in [5.74, 6) is 0.466. The minimum Gasteiger partial charge on any atom is -0.324 e. The highest BCUT2D eigenvalue weighted by molar-refractivity contribution is 7.86. The van der Waals surface area contributed by atoms with Gasteiger partial charge in [-0.05, 0) is 59.7 Å². The number of para-hydroxylation sites is 2. The van der Waals surface area contributed by atoms with E-state index in [-0.39, 0.29) is 51.8 Å². The Kier molecular flexibility index (Phi) is 10.4. The Balaban J connectivity index is 1.19. The number of hydrogen-bond acceptors (Lipinski definition) is 16. The summed E-state index contributed by atoms with van der Waals surface area (Å²) in [6.07, 6.45) is 3.23. The van der Waals surface area contributed by atoms with Gasteiger partial charge in [-0.15, -0.1) is 0 Å². The van der Waals surface area contributed by atoms with Crippen LogP contribution in [0.2, 0.25) is 0 Å². The Labute approximate surface area is 298 Å². The van der Waals surface area contributed by atoms with Crippen molar-refractivity contribution < 1.29 is 23.4 Å². The van der Waals surface area contributed by atoms with Gasteiger partial charge >= 0.3 is 0 Å². The van der Waals surface area contributed by atoms with Crippen LogP contribution in [0.3, 0.4) is 0 Å². The molecule has 0 atom stereocenters. The summed E-state index contributed by atoms with van der Waals surface area (Å²) in [4.78, 5) is 25.2. The minimum absolute atomic E-state index is 0.00284. The van der Waals surface area contributed by atoms with E-state index in [4.69, 9.17) is 0 Å². The molecule has 6 aromatic rings. The quantitative estimate of drug-likeness (QED) is 0.0406. The molecule has 0 fully saturated rings. The maximum Gasteiger partial charge on any atom is 0.295 e. The Morgan fingerprint density at radius 2 is 0.942 bits per heavy atom. The standard InChI is InChI=1S/C34H32N12O5S/c1-45(47)33-41-29(35-24-9-5-3-6-10-24)39-31(43-33)37-26-18-14-22(15-19-26)13-16-23-17-20-27(21-28(23)52(49,50)51)38-32-40-30(42-34(44-32)46(2)48)36-25-11-7-4-8-12-25/h3-21,47-48H,1-2H3,(H,49,50,51)(H2,35,37,39,41,43)(H2,36,38,40,42,44)/b16-13+. The van der Waals surface area contributed by atoms with Crippen LogP contribution in [0.25, 0.3) is 12.2 Å². The van der Waals surface area contributed by atoms with Crippen molar-refractivity contribution in [1.82, 2.24) is 29.9 Å². The summed E-state index contributed by atoms with van der Waals surface area (Å²) in [5.41, 5.74) is 3.27.